The molecule has 0 atom stereocenters. The van der Waals surface area contributed by atoms with Crippen LogP contribution in [0.25, 0.3) is 0 Å². The molecule has 5 nitrogen and oxygen atoms in total. The molecule has 98 valence electrons. The van der Waals surface area contributed by atoms with E-state index in [1.165, 1.54) is 0 Å². The Kier molecular flexibility index (Phi) is 3.58. The van der Waals surface area contributed by atoms with E-state index >= 15 is 0 Å². The van der Waals surface area contributed by atoms with E-state index in [2.05, 4.69) is 18.7 Å². The topological polar surface area (TPSA) is 42.0 Å². The van der Waals surface area contributed by atoms with Crippen LogP contribution in [0.4, 0.5) is 4.79 Å². The van der Waals surface area contributed by atoms with Crippen LogP contribution in [0.3, 0.4) is 0 Å². The van der Waals surface area contributed by atoms with Crippen LogP contribution >= 0.6 is 0 Å². The predicted octanol–water partition coefficient (Wildman–Crippen LogP) is 0.938. The SMILES string of the molecule is CCOC(=O)N1CCOCC12CN(C(C)C)C2. The molecule has 2 aliphatic rings. The lowest BCUT2D eigenvalue weighted by molar-refractivity contribution is -0.137. The van der Waals surface area contributed by atoms with Crippen LogP contribution < -0.4 is 0 Å². The fourth-order valence-corrected chi connectivity index (χ4v) is 2.56. The largest absolute Gasteiger partial charge is 0.450 e. The summed E-state index contributed by atoms with van der Waals surface area (Å²) >= 11 is 0. The Morgan fingerprint density at radius 3 is 2.76 bits per heavy atom. The number of rotatable bonds is 2. The molecule has 17 heavy (non-hydrogen) atoms. The summed E-state index contributed by atoms with van der Waals surface area (Å²) in [5.74, 6) is 0. The fraction of sp³-hybridized carbons (Fsp3) is 0.917. The van der Waals surface area contributed by atoms with Crippen molar-refractivity contribution in [3.8, 4) is 0 Å². The molecule has 0 aromatic rings. The highest BCUT2D eigenvalue weighted by atomic mass is 16.6. The predicted molar refractivity (Wildman–Crippen MR) is 64.0 cm³/mol. The Balaban J connectivity index is 2.01. The average molecular weight is 242 g/mol. The van der Waals surface area contributed by atoms with Crippen LogP contribution in [-0.4, -0.2) is 66.9 Å². The van der Waals surface area contributed by atoms with E-state index in [1.54, 1.807) is 0 Å². The van der Waals surface area contributed by atoms with Crippen molar-refractivity contribution in [3.05, 3.63) is 0 Å². The molecule has 0 saturated carbocycles. The van der Waals surface area contributed by atoms with E-state index < -0.39 is 0 Å². The third-order valence-corrected chi connectivity index (χ3v) is 3.62. The number of amides is 1. The summed E-state index contributed by atoms with van der Waals surface area (Å²) in [6.07, 6.45) is -0.195. The standard InChI is InChI=1S/C12H22N2O3/c1-4-17-11(15)14-5-6-16-9-12(14)7-13(8-12)10(2)3/h10H,4-9H2,1-3H3. The third-order valence-electron chi connectivity index (χ3n) is 3.62. The zero-order valence-electron chi connectivity index (χ0n) is 10.9. The van der Waals surface area contributed by atoms with E-state index in [0.717, 1.165) is 13.1 Å². The zero-order chi connectivity index (χ0) is 12.5. The molecule has 0 radical (unpaired) electrons. The molecular formula is C12H22N2O3. The van der Waals surface area contributed by atoms with Crippen LogP contribution in [0.5, 0.6) is 0 Å². The van der Waals surface area contributed by atoms with Crippen molar-refractivity contribution in [1.29, 1.82) is 0 Å². The monoisotopic (exact) mass is 242 g/mol. The quantitative estimate of drug-likeness (QED) is 0.722. The molecule has 0 unspecified atom stereocenters. The summed E-state index contributed by atoms with van der Waals surface area (Å²) in [7, 11) is 0. The molecular weight excluding hydrogens is 220 g/mol. The summed E-state index contributed by atoms with van der Waals surface area (Å²) in [4.78, 5) is 16.1. The van der Waals surface area contributed by atoms with Gasteiger partial charge in [0.1, 0.15) is 0 Å². The number of hydrogen-bond acceptors (Lipinski definition) is 4. The molecule has 2 aliphatic heterocycles. The van der Waals surface area contributed by atoms with Gasteiger partial charge in [0, 0.05) is 25.7 Å². The lowest BCUT2D eigenvalue weighted by atomic mass is 9.86. The Hall–Kier alpha value is -0.810. The Morgan fingerprint density at radius 2 is 2.18 bits per heavy atom. The highest BCUT2D eigenvalue weighted by molar-refractivity contribution is 5.69. The van der Waals surface area contributed by atoms with Gasteiger partial charge in [-0.3, -0.25) is 9.80 Å². The Labute approximate surface area is 103 Å². The molecule has 2 heterocycles. The number of carbonyl (C=O) groups is 1. The molecule has 0 aromatic heterocycles. The van der Waals surface area contributed by atoms with Gasteiger partial charge >= 0.3 is 6.09 Å². The van der Waals surface area contributed by atoms with Gasteiger partial charge < -0.3 is 9.47 Å². The molecule has 2 rings (SSSR count). The van der Waals surface area contributed by atoms with Crippen molar-refractivity contribution in [2.45, 2.75) is 32.4 Å². The molecule has 1 amide bonds. The van der Waals surface area contributed by atoms with Crippen LogP contribution in [0, 0.1) is 0 Å². The highest BCUT2D eigenvalue weighted by Gasteiger charge is 2.52. The van der Waals surface area contributed by atoms with Gasteiger partial charge in [-0.15, -0.1) is 0 Å². The number of hydrogen-bond donors (Lipinski definition) is 0. The van der Waals surface area contributed by atoms with Crippen LogP contribution in [-0.2, 0) is 9.47 Å². The van der Waals surface area contributed by atoms with Gasteiger partial charge in [0.25, 0.3) is 0 Å². The molecule has 2 fully saturated rings. The smallest absolute Gasteiger partial charge is 0.410 e. The number of nitrogens with zero attached hydrogens (tertiary/aromatic N) is 2. The van der Waals surface area contributed by atoms with E-state index in [9.17, 15) is 4.79 Å². The van der Waals surface area contributed by atoms with Gasteiger partial charge in [0.2, 0.25) is 0 Å². The van der Waals surface area contributed by atoms with Crippen LogP contribution in [0.15, 0.2) is 0 Å². The molecule has 5 heteroatoms. The van der Waals surface area contributed by atoms with Crippen LogP contribution in [0.1, 0.15) is 20.8 Å². The van der Waals surface area contributed by atoms with Gasteiger partial charge in [-0.25, -0.2) is 4.79 Å². The summed E-state index contributed by atoms with van der Waals surface area (Å²) in [5.41, 5.74) is -0.144. The van der Waals surface area contributed by atoms with E-state index in [1.807, 2.05) is 11.8 Å². The number of carbonyl (C=O) groups excluding carboxylic acids is 1. The number of ether oxygens (including phenoxy) is 2. The summed E-state index contributed by atoms with van der Waals surface area (Å²) in [6.45, 7) is 10.3. The van der Waals surface area contributed by atoms with Crippen molar-refractivity contribution in [2.75, 3.05) is 39.5 Å². The summed E-state index contributed by atoms with van der Waals surface area (Å²) < 4.78 is 10.7. The van der Waals surface area contributed by atoms with Crippen molar-refractivity contribution in [2.24, 2.45) is 0 Å². The zero-order valence-corrected chi connectivity index (χ0v) is 10.9. The van der Waals surface area contributed by atoms with Gasteiger partial charge in [0.05, 0.1) is 25.4 Å². The summed E-state index contributed by atoms with van der Waals surface area (Å²) in [6, 6.07) is 0.520. The Morgan fingerprint density at radius 1 is 1.47 bits per heavy atom. The lowest BCUT2D eigenvalue weighted by Gasteiger charge is -2.58. The molecule has 0 aromatic carbocycles. The van der Waals surface area contributed by atoms with E-state index in [-0.39, 0.29) is 11.6 Å². The Bertz CT molecular complexity index is 287. The lowest BCUT2D eigenvalue weighted by Crippen LogP contribution is -2.76. The minimum absolute atomic E-state index is 0.144. The van der Waals surface area contributed by atoms with Crippen molar-refractivity contribution >= 4 is 6.09 Å². The van der Waals surface area contributed by atoms with Gasteiger partial charge in [-0.1, -0.05) is 0 Å². The normalized spacial score (nSPS) is 23.9. The first-order valence-electron chi connectivity index (χ1n) is 6.35. The molecule has 2 saturated heterocycles. The second kappa shape index (κ2) is 4.82. The second-order valence-electron chi connectivity index (χ2n) is 5.13. The summed E-state index contributed by atoms with van der Waals surface area (Å²) in [5, 5.41) is 0. The maximum absolute atomic E-state index is 11.9. The van der Waals surface area contributed by atoms with E-state index in [0.29, 0.717) is 32.4 Å². The number of morpholine rings is 1. The van der Waals surface area contributed by atoms with Gasteiger partial charge in [-0.2, -0.15) is 0 Å². The first-order valence-corrected chi connectivity index (χ1v) is 6.35. The minimum atomic E-state index is -0.195. The maximum Gasteiger partial charge on any atom is 0.410 e. The molecule has 0 aliphatic carbocycles. The van der Waals surface area contributed by atoms with Crippen LogP contribution in [0.2, 0.25) is 0 Å². The van der Waals surface area contributed by atoms with Gasteiger partial charge in [-0.05, 0) is 20.8 Å². The number of likely N-dealkylation sites (tertiary alicyclic amines) is 1. The fourth-order valence-electron chi connectivity index (χ4n) is 2.56. The second-order valence-corrected chi connectivity index (χ2v) is 5.13. The first-order chi connectivity index (χ1) is 8.09. The molecule has 1 spiro atoms. The average Bonchev–Trinajstić information content (AvgIpc) is 2.25. The van der Waals surface area contributed by atoms with Crippen molar-refractivity contribution in [1.82, 2.24) is 9.80 Å². The van der Waals surface area contributed by atoms with E-state index in [4.69, 9.17) is 9.47 Å². The maximum atomic E-state index is 11.9. The molecule has 0 bridgehead atoms. The van der Waals surface area contributed by atoms with Crippen molar-refractivity contribution < 1.29 is 14.3 Å². The highest BCUT2D eigenvalue weighted by Crippen LogP contribution is 2.32. The minimum Gasteiger partial charge on any atom is -0.450 e. The first kappa shape index (κ1) is 12.6. The molecule has 0 N–H and O–H groups in total. The third kappa shape index (κ3) is 2.26. The van der Waals surface area contributed by atoms with Crippen molar-refractivity contribution in [3.63, 3.8) is 0 Å². The van der Waals surface area contributed by atoms with Gasteiger partial charge in [0.15, 0.2) is 0 Å².